The average molecular weight is 212 g/mol. The highest BCUT2D eigenvalue weighted by atomic mass is 15.1. The lowest BCUT2D eigenvalue weighted by atomic mass is 10.0. The molecule has 2 nitrogen and oxygen atoms in total. The van der Waals surface area contributed by atoms with Crippen molar-refractivity contribution in [1.82, 2.24) is 10.2 Å². The number of hydrogen-bond acceptors (Lipinski definition) is 2. The molecule has 0 aromatic carbocycles. The Bertz CT molecular complexity index is 164. The van der Waals surface area contributed by atoms with E-state index in [1.54, 1.807) is 0 Å². The Morgan fingerprint density at radius 3 is 2.40 bits per heavy atom. The first-order valence-electron chi connectivity index (χ1n) is 6.50. The first-order chi connectivity index (χ1) is 7.15. The molecular weight excluding hydrogens is 184 g/mol. The third-order valence-electron chi connectivity index (χ3n) is 4.07. The van der Waals surface area contributed by atoms with Crippen molar-refractivity contribution in [2.45, 2.75) is 45.6 Å². The van der Waals surface area contributed by atoms with Crippen LogP contribution in [0.15, 0.2) is 0 Å². The van der Waals surface area contributed by atoms with Crippen LogP contribution in [-0.2, 0) is 0 Å². The van der Waals surface area contributed by atoms with Gasteiger partial charge in [-0.05, 0) is 52.2 Å². The lowest BCUT2D eigenvalue weighted by Crippen LogP contribution is -2.40. The molecular formula is C13H28N2. The van der Waals surface area contributed by atoms with Crippen molar-refractivity contribution in [3.63, 3.8) is 0 Å². The van der Waals surface area contributed by atoms with Gasteiger partial charge >= 0.3 is 0 Å². The second kappa shape index (κ2) is 6.49. The van der Waals surface area contributed by atoms with E-state index in [0.717, 1.165) is 18.4 Å². The molecule has 0 aliphatic heterocycles. The zero-order valence-electron chi connectivity index (χ0n) is 10.9. The number of hydrogen-bond donors (Lipinski definition) is 1. The Labute approximate surface area is 95.4 Å². The van der Waals surface area contributed by atoms with E-state index in [0.29, 0.717) is 6.04 Å². The smallest absolute Gasteiger partial charge is 0.0102 e. The van der Waals surface area contributed by atoms with E-state index in [-0.39, 0.29) is 0 Å². The van der Waals surface area contributed by atoms with E-state index >= 15 is 0 Å². The van der Waals surface area contributed by atoms with Gasteiger partial charge in [-0.2, -0.15) is 0 Å². The third-order valence-corrected chi connectivity index (χ3v) is 4.07. The molecule has 1 rings (SSSR count). The minimum Gasteiger partial charge on any atom is -0.319 e. The molecule has 0 heterocycles. The SMILES string of the molecule is CNCC(C)C(C)N(C)CC1CCCC1. The molecule has 15 heavy (non-hydrogen) atoms. The van der Waals surface area contributed by atoms with Gasteiger partial charge in [0, 0.05) is 12.6 Å². The van der Waals surface area contributed by atoms with Gasteiger partial charge in [-0.15, -0.1) is 0 Å². The highest BCUT2D eigenvalue weighted by Crippen LogP contribution is 2.26. The molecule has 1 N–H and O–H groups in total. The van der Waals surface area contributed by atoms with Crippen LogP contribution in [0.5, 0.6) is 0 Å². The number of nitrogens with zero attached hydrogens (tertiary/aromatic N) is 1. The van der Waals surface area contributed by atoms with Crippen LogP contribution in [0.1, 0.15) is 39.5 Å². The standard InChI is InChI=1S/C13H28N2/c1-11(9-14-3)12(2)15(4)10-13-7-5-6-8-13/h11-14H,5-10H2,1-4H3. The van der Waals surface area contributed by atoms with Crippen LogP contribution in [0.4, 0.5) is 0 Å². The summed E-state index contributed by atoms with van der Waals surface area (Å²) in [6, 6.07) is 0.693. The lowest BCUT2D eigenvalue weighted by molar-refractivity contribution is 0.171. The first-order valence-corrected chi connectivity index (χ1v) is 6.50. The Morgan fingerprint density at radius 2 is 1.87 bits per heavy atom. The zero-order chi connectivity index (χ0) is 11.3. The second-order valence-electron chi connectivity index (χ2n) is 5.37. The summed E-state index contributed by atoms with van der Waals surface area (Å²) >= 11 is 0. The van der Waals surface area contributed by atoms with Crippen LogP contribution in [0, 0.1) is 11.8 Å². The maximum Gasteiger partial charge on any atom is 0.0102 e. The fourth-order valence-electron chi connectivity index (χ4n) is 2.69. The van der Waals surface area contributed by atoms with E-state index in [2.05, 4.69) is 31.1 Å². The zero-order valence-corrected chi connectivity index (χ0v) is 10.9. The van der Waals surface area contributed by atoms with Crippen LogP contribution >= 0.6 is 0 Å². The molecule has 0 amide bonds. The summed E-state index contributed by atoms with van der Waals surface area (Å²) in [6.07, 6.45) is 5.83. The van der Waals surface area contributed by atoms with Crippen LogP contribution < -0.4 is 5.32 Å². The van der Waals surface area contributed by atoms with Gasteiger partial charge in [0.2, 0.25) is 0 Å². The molecule has 0 bridgehead atoms. The van der Waals surface area contributed by atoms with E-state index in [1.165, 1.54) is 32.2 Å². The predicted octanol–water partition coefficient (Wildman–Crippen LogP) is 2.35. The van der Waals surface area contributed by atoms with Gasteiger partial charge < -0.3 is 10.2 Å². The molecule has 90 valence electrons. The topological polar surface area (TPSA) is 15.3 Å². The summed E-state index contributed by atoms with van der Waals surface area (Å²) in [5, 5.41) is 3.27. The molecule has 2 atom stereocenters. The Morgan fingerprint density at radius 1 is 1.27 bits per heavy atom. The van der Waals surface area contributed by atoms with E-state index < -0.39 is 0 Å². The predicted molar refractivity (Wildman–Crippen MR) is 67.1 cm³/mol. The summed E-state index contributed by atoms with van der Waals surface area (Å²) in [5.41, 5.74) is 0. The van der Waals surface area contributed by atoms with Gasteiger partial charge in [-0.25, -0.2) is 0 Å². The van der Waals surface area contributed by atoms with Gasteiger partial charge in [0.05, 0.1) is 0 Å². The fraction of sp³-hybridized carbons (Fsp3) is 1.00. The van der Waals surface area contributed by atoms with Crippen LogP contribution in [0.25, 0.3) is 0 Å². The molecule has 1 aliphatic carbocycles. The summed E-state index contributed by atoms with van der Waals surface area (Å²) < 4.78 is 0. The maximum absolute atomic E-state index is 3.27. The third kappa shape index (κ3) is 4.12. The maximum atomic E-state index is 3.27. The number of rotatable bonds is 6. The minimum atomic E-state index is 0.693. The minimum absolute atomic E-state index is 0.693. The lowest BCUT2D eigenvalue weighted by Gasteiger charge is -2.31. The molecule has 0 spiro atoms. The van der Waals surface area contributed by atoms with Crippen molar-refractivity contribution >= 4 is 0 Å². The molecule has 2 unspecified atom stereocenters. The van der Waals surface area contributed by atoms with Crippen LogP contribution in [0.2, 0.25) is 0 Å². The van der Waals surface area contributed by atoms with Crippen LogP contribution in [-0.4, -0.2) is 38.1 Å². The molecule has 0 aromatic heterocycles. The largest absolute Gasteiger partial charge is 0.319 e. The van der Waals surface area contributed by atoms with Crippen molar-refractivity contribution in [3.05, 3.63) is 0 Å². The van der Waals surface area contributed by atoms with Gasteiger partial charge in [-0.1, -0.05) is 19.8 Å². The first kappa shape index (κ1) is 13.0. The summed E-state index contributed by atoms with van der Waals surface area (Å²) in [6.45, 7) is 7.12. The quantitative estimate of drug-likeness (QED) is 0.727. The second-order valence-corrected chi connectivity index (χ2v) is 5.37. The Hall–Kier alpha value is -0.0800. The van der Waals surface area contributed by atoms with Gasteiger partial charge in [-0.3, -0.25) is 0 Å². The monoisotopic (exact) mass is 212 g/mol. The number of nitrogens with one attached hydrogen (secondary N) is 1. The highest BCUT2D eigenvalue weighted by molar-refractivity contribution is 4.76. The van der Waals surface area contributed by atoms with Gasteiger partial charge in [0.15, 0.2) is 0 Å². The van der Waals surface area contributed by atoms with Gasteiger partial charge in [0.25, 0.3) is 0 Å². The Balaban J connectivity index is 2.27. The molecule has 1 saturated carbocycles. The molecule has 1 aliphatic rings. The van der Waals surface area contributed by atoms with Crippen molar-refractivity contribution in [1.29, 1.82) is 0 Å². The molecule has 2 heteroatoms. The molecule has 0 aromatic rings. The van der Waals surface area contributed by atoms with Crippen molar-refractivity contribution in [2.24, 2.45) is 11.8 Å². The van der Waals surface area contributed by atoms with Gasteiger partial charge in [0.1, 0.15) is 0 Å². The fourth-order valence-corrected chi connectivity index (χ4v) is 2.69. The molecule has 0 saturated heterocycles. The van der Waals surface area contributed by atoms with E-state index in [9.17, 15) is 0 Å². The van der Waals surface area contributed by atoms with Crippen molar-refractivity contribution in [3.8, 4) is 0 Å². The summed E-state index contributed by atoms with van der Waals surface area (Å²) in [7, 11) is 4.33. The van der Waals surface area contributed by atoms with Crippen molar-refractivity contribution < 1.29 is 0 Å². The van der Waals surface area contributed by atoms with E-state index in [1.807, 2.05) is 7.05 Å². The Kier molecular flexibility index (Phi) is 5.62. The van der Waals surface area contributed by atoms with E-state index in [4.69, 9.17) is 0 Å². The molecule has 1 fully saturated rings. The summed E-state index contributed by atoms with van der Waals surface area (Å²) in [4.78, 5) is 2.55. The van der Waals surface area contributed by atoms with Crippen molar-refractivity contribution in [2.75, 3.05) is 27.2 Å². The van der Waals surface area contributed by atoms with Crippen LogP contribution in [0.3, 0.4) is 0 Å². The highest BCUT2D eigenvalue weighted by Gasteiger charge is 2.21. The summed E-state index contributed by atoms with van der Waals surface area (Å²) in [5.74, 6) is 1.71. The molecule has 0 radical (unpaired) electrons. The normalized spacial score (nSPS) is 22.2. The average Bonchev–Trinajstić information content (AvgIpc) is 2.69.